The molecule has 0 spiro atoms. The van der Waals surface area contributed by atoms with E-state index in [0.29, 0.717) is 32.2 Å². The first-order valence-electron chi connectivity index (χ1n) is 6.76. The van der Waals surface area contributed by atoms with E-state index in [2.05, 4.69) is 10.6 Å². The number of hydrogen-bond acceptors (Lipinski definition) is 3. The highest BCUT2D eigenvalue weighted by atomic mass is 35.5. The van der Waals surface area contributed by atoms with Gasteiger partial charge in [0.1, 0.15) is 11.8 Å². The molecule has 7 heteroatoms. The van der Waals surface area contributed by atoms with Crippen LogP contribution in [-0.4, -0.2) is 19.1 Å². The fourth-order valence-electron chi connectivity index (χ4n) is 1.90. The minimum atomic E-state index is -0.494. The van der Waals surface area contributed by atoms with Crippen molar-refractivity contribution in [2.24, 2.45) is 0 Å². The molecule has 0 bridgehead atoms. The Morgan fingerprint density at radius 1 is 1.09 bits per heavy atom. The van der Waals surface area contributed by atoms with Gasteiger partial charge in [0.2, 0.25) is 5.91 Å². The van der Waals surface area contributed by atoms with Crippen LogP contribution in [0.4, 0.5) is 11.4 Å². The number of halogens is 3. The van der Waals surface area contributed by atoms with Crippen LogP contribution < -0.4 is 15.4 Å². The summed E-state index contributed by atoms with van der Waals surface area (Å²) >= 11 is 17.9. The van der Waals surface area contributed by atoms with E-state index in [1.165, 1.54) is 0 Å². The van der Waals surface area contributed by atoms with E-state index in [9.17, 15) is 4.79 Å². The predicted octanol–water partition coefficient (Wildman–Crippen LogP) is 5.09. The van der Waals surface area contributed by atoms with E-state index in [0.717, 1.165) is 0 Å². The summed E-state index contributed by atoms with van der Waals surface area (Å²) in [6, 6.07) is 9.59. The van der Waals surface area contributed by atoms with E-state index in [-0.39, 0.29) is 5.91 Å². The highest BCUT2D eigenvalue weighted by Gasteiger charge is 2.15. The van der Waals surface area contributed by atoms with Crippen molar-refractivity contribution in [3.63, 3.8) is 0 Å². The second-order valence-electron chi connectivity index (χ2n) is 4.83. The number of carbonyl (C=O) groups is 1. The maximum atomic E-state index is 12.2. The normalized spacial score (nSPS) is 11.7. The molecule has 2 rings (SSSR count). The second kappa shape index (κ2) is 7.77. The summed E-state index contributed by atoms with van der Waals surface area (Å²) in [4.78, 5) is 12.2. The summed E-state index contributed by atoms with van der Waals surface area (Å²) in [5, 5.41) is 7.16. The summed E-state index contributed by atoms with van der Waals surface area (Å²) in [7, 11) is 1.54. The number of amides is 1. The molecule has 1 atom stereocenters. The summed E-state index contributed by atoms with van der Waals surface area (Å²) in [5.41, 5.74) is 1.21. The highest BCUT2D eigenvalue weighted by Crippen LogP contribution is 2.28. The van der Waals surface area contributed by atoms with Crippen LogP contribution in [0.1, 0.15) is 6.92 Å². The minimum absolute atomic E-state index is 0.235. The number of carbonyl (C=O) groups excluding carboxylic acids is 1. The van der Waals surface area contributed by atoms with Crippen LogP contribution in [0.2, 0.25) is 15.1 Å². The lowest BCUT2D eigenvalue weighted by atomic mass is 10.2. The molecule has 23 heavy (non-hydrogen) atoms. The van der Waals surface area contributed by atoms with E-state index < -0.39 is 6.04 Å². The van der Waals surface area contributed by atoms with Crippen molar-refractivity contribution >= 4 is 52.1 Å². The molecule has 0 aliphatic carbocycles. The third-order valence-corrected chi connectivity index (χ3v) is 3.96. The van der Waals surface area contributed by atoms with Crippen molar-refractivity contribution in [3.05, 3.63) is 51.5 Å². The third-order valence-electron chi connectivity index (χ3n) is 3.12. The standard InChI is InChI=1S/C16H15Cl3N2O2/c1-9(20-11-4-6-15(23-2)13(19)8-11)16(22)21-14-5-3-10(17)7-12(14)18/h3-9,20H,1-2H3,(H,21,22)/t9-/m1/s1. The third kappa shape index (κ3) is 4.67. The Kier molecular flexibility index (Phi) is 5.99. The number of methoxy groups -OCH3 is 1. The molecule has 1 amide bonds. The van der Waals surface area contributed by atoms with E-state index in [1.54, 1.807) is 50.4 Å². The van der Waals surface area contributed by atoms with Crippen LogP contribution in [0.5, 0.6) is 5.75 Å². The van der Waals surface area contributed by atoms with Crippen molar-refractivity contribution in [2.45, 2.75) is 13.0 Å². The highest BCUT2D eigenvalue weighted by molar-refractivity contribution is 6.36. The zero-order valence-corrected chi connectivity index (χ0v) is 14.8. The molecule has 0 aliphatic heterocycles. The van der Waals surface area contributed by atoms with Crippen molar-refractivity contribution in [2.75, 3.05) is 17.7 Å². The minimum Gasteiger partial charge on any atom is -0.495 e. The van der Waals surface area contributed by atoms with Gasteiger partial charge in [0, 0.05) is 10.7 Å². The number of rotatable bonds is 5. The van der Waals surface area contributed by atoms with Gasteiger partial charge in [0.25, 0.3) is 0 Å². The van der Waals surface area contributed by atoms with Crippen molar-refractivity contribution in [1.29, 1.82) is 0 Å². The van der Waals surface area contributed by atoms with Gasteiger partial charge in [-0.1, -0.05) is 34.8 Å². The molecule has 0 unspecified atom stereocenters. The topological polar surface area (TPSA) is 50.4 Å². The monoisotopic (exact) mass is 372 g/mol. The first kappa shape index (κ1) is 17.7. The van der Waals surface area contributed by atoms with Crippen LogP contribution in [-0.2, 0) is 4.79 Å². The smallest absolute Gasteiger partial charge is 0.246 e. The molecule has 122 valence electrons. The number of hydrogen-bond donors (Lipinski definition) is 2. The number of ether oxygens (including phenoxy) is 1. The van der Waals surface area contributed by atoms with Gasteiger partial charge in [0.15, 0.2) is 0 Å². The SMILES string of the molecule is COc1ccc(N[C@H](C)C(=O)Nc2ccc(Cl)cc2Cl)cc1Cl. The fourth-order valence-corrected chi connectivity index (χ4v) is 2.62. The average Bonchev–Trinajstić information content (AvgIpc) is 2.50. The zero-order valence-electron chi connectivity index (χ0n) is 12.5. The van der Waals surface area contributed by atoms with Gasteiger partial charge in [-0.15, -0.1) is 0 Å². The molecule has 0 aliphatic rings. The zero-order chi connectivity index (χ0) is 17.0. The van der Waals surface area contributed by atoms with Crippen molar-refractivity contribution in [3.8, 4) is 5.75 Å². The lowest BCUT2D eigenvalue weighted by molar-refractivity contribution is -0.116. The number of anilines is 2. The van der Waals surface area contributed by atoms with Crippen LogP contribution in [0.25, 0.3) is 0 Å². The van der Waals surface area contributed by atoms with E-state index in [1.807, 2.05) is 0 Å². The Bertz CT molecular complexity index is 722. The fraction of sp³-hybridized carbons (Fsp3) is 0.188. The van der Waals surface area contributed by atoms with Gasteiger partial charge >= 0.3 is 0 Å². The molecule has 4 nitrogen and oxygen atoms in total. The lowest BCUT2D eigenvalue weighted by Gasteiger charge is -2.16. The van der Waals surface area contributed by atoms with Crippen molar-refractivity contribution in [1.82, 2.24) is 0 Å². The molecule has 0 saturated carbocycles. The molecule has 0 heterocycles. The average molecular weight is 374 g/mol. The Labute approximate surface area is 149 Å². The summed E-state index contributed by atoms with van der Waals surface area (Å²) in [6.45, 7) is 1.73. The van der Waals surface area contributed by atoms with Gasteiger partial charge < -0.3 is 15.4 Å². The van der Waals surface area contributed by atoms with E-state index >= 15 is 0 Å². The van der Waals surface area contributed by atoms with Crippen LogP contribution in [0.3, 0.4) is 0 Å². The maximum Gasteiger partial charge on any atom is 0.246 e. The molecule has 0 radical (unpaired) electrons. The predicted molar refractivity (Wildman–Crippen MR) is 96.2 cm³/mol. The lowest BCUT2D eigenvalue weighted by Crippen LogP contribution is -2.31. The first-order valence-corrected chi connectivity index (χ1v) is 7.90. The van der Waals surface area contributed by atoms with Crippen LogP contribution >= 0.6 is 34.8 Å². The molecular formula is C16H15Cl3N2O2. The van der Waals surface area contributed by atoms with Gasteiger partial charge in [0.05, 0.1) is 22.8 Å². The Morgan fingerprint density at radius 2 is 1.83 bits per heavy atom. The van der Waals surface area contributed by atoms with Crippen LogP contribution in [0.15, 0.2) is 36.4 Å². The first-order chi connectivity index (χ1) is 10.9. The quantitative estimate of drug-likeness (QED) is 0.767. The van der Waals surface area contributed by atoms with Gasteiger partial charge in [-0.3, -0.25) is 4.79 Å². The molecule has 0 saturated heterocycles. The largest absolute Gasteiger partial charge is 0.495 e. The Hall–Kier alpha value is -1.62. The molecule has 0 fully saturated rings. The molecular weight excluding hydrogens is 359 g/mol. The van der Waals surface area contributed by atoms with Gasteiger partial charge in [-0.2, -0.15) is 0 Å². The summed E-state index contributed by atoms with van der Waals surface area (Å²) in [5.74, 6) is 0.337. The molecule has 2 N–H and O–H groups in total. The van der Waals surface area contributed by atoms with Gasteiger partial charge in [-0.25, -0.2) is 0 Å². The van der Waals surface area contributed by atoms with Crippen LogP contribution in [0, 0.1) is 0 Å². The maximum absolute atomic E-state index is 12.2. The molecule has 2 aromatic rings. The number of benzene rings is 2. The van der Waals surface area contributed by atoms with E-state index in [4.69, 9.17) is 39.5 Å². The molecule has 2 aromatic carbocycles. The second-order valence-corrected chi connectivity index (χ2v) is 6.08. The molecule has 0 aromatic heterocycles. The Morgan fingerprint density at radius 3 is 2.43 bits per heavy atom. The van der Waals surface area contributed by atoms with Crippen molar-refractivity contribution < 1.29 is 9.53 Å². The summed E-state index contributed by atoms with van der Waals surface area (Å²) < 4.78 is 5.09. The Balaban J connectivity index is 2.03. The summed E-state index contributed by atoms with van der Waals surface area (Å²) in [6.07, 6.45) is 0. The van der Waals surface area contributed by atoms with Gasteiger partial charge in [-0.05, 0) is 43.3 Å². The number of nitrogens with one attached hydrogen (secondary N) is 2.